The molecule has 0 aliphatic heterocycles. The van der Waals surface area contributed by atoms with E-state index in [-0.39, 0.29) is 4.90 Å². The van der Waals surface area contributed by atoms with Crippen molar-refractivity contribution in [3.8, 4) is 17.1 Å². The monoisotopic (exact) mass is 455 g/mol. The maximum atomic E-state index is 11.6. The van der Waals surface area contributed by atoms with E-state index < -0.39 is 10.0 Å². The zero-order valence-electron chi connectivity index (χ0n) is 15.8. The summed E-state index contributed by atoms with van der Waals surface area (Å²) in [4.78, 5) is 6.04. The molecule has 1 aromatic heterocycles. The molecule has 3 aromatic carbocycles. The summed E-state index contributed by atoms with van der Waals surface area (Å²) >= 11 is 7.74. The van der Waals surface area contributed by atoms with Gasteiger partial charge in [-0.15, -0.1) is 11.8 Å². The molecular weight excluding hydrogens is 438 g/mol. The maximum Gasteiger partial charge on any atom is 0.238 e. The van der Waals surface area contributed by atoms with Crippen molar-refractivity contribution in [2.75, 3.05) is 0 Å². The standard InChI is InChI=1S/C22H18ClN3O2S2/c23-17-8-10-19(11-9-17)26-14-18(15-29-20-4-2-1-3-5-20)25-22(26)16-6-12-21(13-7-16)30(24,27)28/h1-14H,15H2,(H2,24,27,28). The normalized spacial score (nSPS) is 11.5. The second kappa shape index (κ2) is 8.65. The fourth-order valence-electron chi connectivity index (χ4n) is 2.97. The predicted octanol–water partition coefficient (Wildman–Crippen LogP) is 5.13. The van der Waals surface area contributed by atoms with Gasteiger partial charge in [-0.25, -0.2) is 18.5 Å². The van der Waals surface area contributed by atoms with Crippen LogP contribution in [-0.4, -0.2) is 18.0 Å². The molecule has 1 heterocycles. The molecule has 30 heavy (non-hydrogen) atoms. The number of thioether (sulfide) groups is 1. The molecule has 0 aliphatic rings. The van der Waals surface area contributed by atoms with E-state index in [9.17, 15) is 8.42 Å². The van der Waals surface area contributed by atoms with Gasteiger partial charge in [0.1, 0.15) is 5.82 Å². The molecule has 0 atom stereocenters. The highest BCUT2D eigenvalue weighted by Crippen LogP contribution is 2.28. The first kappa shape index (κ1) is 20.7. The zero-order valence-corrected chi connectivity index (χ0v) is 18.2. The largest absolute Gasteiger partial charge is 0.299 e. The Kier molecular flexibility index (Phi) is 5.97. The van der Waals surface area contributed by atoms with Crippen LogP contribution in [0.2, 0.25) is 5.02 Å². The van der Waals surface area contributed by atoms with Gasteiger partial charge in [0.2, 0.25) is 10.0 Å². The smallest absolute Gasteiger partial charge is 0.238 e. The van der Waals surface area contributed by atoms with Crippen LogP contribution in [0.15, 0.2) is 94.9 Å². The lowest BCUT2D eigenvalue weighted by atomic mass is 10.2. The highest BCUT2D eigenvalue weighted by Gasteiger charge is 2.14. The average Bonchev–Trinajstić information content (AvgIpc) is 3.17. The minimum atomic E-state index is -3.75. The second-order valence-electron chi connectivity index (χ2n) is 6.57. The summed E-state index contributed by atoms with van der Waals surface area (Å²) in [6.45, 7) is 0. The van der Waals surface area contributed by atoms with Crippen LogP contribution in [0.3, 0.4) is 0 Å². The summed E-state index contributed by atoms with van der Waals surface area (Å²) < 4.78 is 25.1. The van der Waals surface area contributed by atoms with Crippen molar-refractivity contribution in [3.05, 3.63) is 95.8 Å². The van der Waals surface area contributed by atoms with Crippen LogP contribution in [0.25, 0.3) is 17.1 Å². The van der Waals surface area contributed by atoms with Gasteiger partial charge < -0.3 is 0 Å². The van der Waals surface area contributed by atoms with Crippen molar-refractivity contribution in [2.24, 2.45) is 5.14 Å². The van der Waals surface area contributed by atoms with E-state index in [0.717, 1.165) is 21.8 Å². The first-order valence-corrected chi connectivity index (χ1v) is 12.0. The van der Waals surface area contributed by atoms with Gasteiger partial charge in [0.05, 0.1) is 10.6 Å². The Morgan fingerprint density at radius 3 is 2.23 bits per heavy atom. The molecule has 0 saturated heterocycles. The molecule has 0 amide bonds. The Balaban J connectivity index is 1.71. The van der Waals surface area contributed by atoms with E-state index in [1.54, 1.807) is 23.9 Å². The highest BCUT2D eigenvalue weighted by atomic mass is 35.5. The number of imidazole rings is 1. The van der Waals surface area contributed by atoms with E-state index >= 15 is 0 Å². The number of hydrogen-bond acceptors (Lipinski definition) is 4. The molecule has 4 aromatic rings. The fraction of sp³-hybridized carbons (Fsp3) is 0.0455. The summed E-state index contributed by atoms with van der Waals surface area (Å²) in [5.74, 6) is 1.41. The lowest BCUT2D eigenvalue weighted by molar-refractivity contribution is 0.598. The number of rotatable bonds is 6. The van der Waals surface area contributed by atoms with Crippen molar-refractivity contribution in [2.45, 2.75) is 15.5 Å². The van der Waals surface area contributed by atoms with Crippen LogP contribution in [-0.2, 0) is 15.8 Å². The van der Waals surface area contributed by atoms with Crippen LogP contribution in [0.4, 0.5) is 0 Å². The minimum Gasteiger partial charge on any atom is -0.299 e. The van der Waals surface area contributed by atoms with E-state index in [1.165, 1.54) is 12.1 Å². The Labute approximate surface area is 184 Å². The number of aromatic nitrogens is 2. The summed E-state index contributed by atoms with van der Waals surface area (Å²) in [6.07, 6.45) is 1.99. The summed E-state index contributed by atoms with van der Waals surface area (Å²) in [5.41, 5.74) is 2.60. The quantitative estimate of drug-likeness (QED) is 0.408. The molecule has 4 rings (SSSR count). The average molecular weight is 456 g/mol. The van der Waals surface area contributed by atoms with E-state index in [4.69, 9.17) is 21.7 Å². The number of nitrogens with two attached hydrogens (primary N) is 1. The SMILES string of the molecule is NS(=O)(=O)c1ccc(-c2nc(CSc3ccccc3)cn2-c2ccc(Cl)cc2)cc1. The van der Waals surface area contributed by atoms with Gasteiger partial charge >= 0.3 is 0 Å². The molecule has 152 valence electrons. The number of nitrogens with zero attached hydrogens (tertiary/aromatic N) is 2. The first-order chi connectivity index (χ1) is 14.4. The molecular formula is C22H18ClN3O2S2. The van der Waals surface area contributed by atoms with Crippen molar-refractivity contribution in [3.63, 3.8) is 0 Å². The van der Waals surface area contributed by atoms with Crippen LogP contribution in [0, 0.1) is 0 Å². The van der Waals surface area contributed by atoms with Crippen molar-refractivity contribution >= 4 is 33.4 Å². The maximum absolute atomic E-state index is 11.6. The lowest BCUT2D eigenvalue weighted by Gasteiger charge is -2.08. The topological polar surface area (TPSA) is 78.0 Å². The number of halogens is 1. The van der Waals surface area contributed by atoms with Gasteiger partial charge in [-0.3, -0.25) is 4.57 Å². The molecule has 0 saturated carbocycles. The molecule has 8 heteroatoms. The van der Waals surface area contributed by atoms with Gasteiger partial charge in [-0.1, -0.05) is 29.8 Å². The number of benzene rings is 3. The van der Waals surface area contributed by atoms with E-state index in [2.05, 4.69) is 12.1 Å². The first-order valence-electron chi connectivity index (χ1n) is 9.05. The van der Waals surface area contributed by atoms with Crippen molar-refractivity contribution < 1.29 is 8.42 Å². The second-order valence-corrected chi connectivity index (χ2v) is 9.62. The molecule has 0 spiro atoms. The van der Waals surface area contributed by atoms with Crippen LogP contribution < -0.4 is 5.14 Å². The number of hydrogen-bond donors (Lipinski definition) is 1. The summed E-state index contributed by atoms with van der Waals surface area (Å²) in [7, 11) is -3.75. The summed E-state index contributed by atoms with van der Waals surface area (Å²) in [5, 5.41) is 5.87. The molecule has 2 N–H and O–H groups in total. The Morgan fingerprint density at radius 1 is 0.933 bits per heavy atom. The fourth-order valence-corrected chi connectivity index (χ4v) is 4.41. The molecule has 0 bridgehead atoms. The predicted molar refractivity (Wildman–Crippen MR) is 121 cm³/mol. The Morgan fingerprint density at radius 2 is 1.60 bits per heavy atom. The van der Waals surface area contributed by atoms with Crippen LogP contribution >= 0.6 is 23.4 Å². The van der Waals surface area contributed by atoms with E-state index in [0.29, 0.717) is 16.6 Å². The molecule has 0 unspecified atom stereocenters. The third-order valence-corrected chi connectivity index (χ3v) is 6.66. The van der Waals surface area contributed by atoms with Crippen LogP contribution in [0.5, 0.6) is 0 Å². The minimum absolute atomic E-state index is 0.0655. The van der Waals surface area contributed by atoms with Gasteiger partial charge in [0.25, 0.3) is 0 Å². The lowest BCUT2D eigenvalue weighted by Crippen LogP contribution is -2.11. The third kappa shape index (κ3) is 4.76. The highest BCUT2D eigenvalue weighted by molar-refractivity contribution is 7.98. The van der Waals surface area contributed by atoms with Gasteiger partial charge in [0.15, 0.2) is 0 Å². The van der Waals surface area contributed by atoms with Gasteiger partial charge in [0, 0.05) is 33.1 Å². The van der Waals surface area contributed by atoms with E-state index in [1.807, 2.05) is 53.2 Å². The Bertz CT molecular complexity index is 1250. The Hall–Kier alpha value is -2.58. The third-order valence-electron chi connectivity index (χ3n) is 4.43. The van der Waals surface area contributed by atoms with Crippen LogP contribution in [0.1, 0.15) is 5.69 Å². The molecule has 0 radical (unpaired) electrons. The van der Waals surface area contributed by atoms with Gasteiger partial charge in [-0.2, -0.15) is 0 Å². The molecule has 0 aliphatic carbocycles. The van der Waals surface area contributed by atoms with Gasteiger partial charge in [-0.05, 0) is 60.7 Å². The number of sulfonamides is 1. The summed E-state index contributed by atoms with van der Waals surface area (Å²) in [6, 6.07) is 24.0. The molecule has 0 fully saturated rings. The van der Waals surface area contributed by atoms with Crippen molar-refractivity contribution in [1.29, 1.82) is 0 Å². The van der Waals surface area contributed by atoms with Crippen molar-refractivity contribution in [1.82, 2.24) is 9.55 Å². The molecule has 5 nitrogen and oxygen atoms in total. The number of primary sulfonamides is 1. The zero-order chi connectivity index (χ0) is 21.1.